The number of alkyl halides is 3. The predicted octanol–water partition coefficient (Wildman–Crippen LogP) is -0.657. The second-order valence-corrected chi connectivity index (χ2v) is 6.89. The first-order valence-corrected chi connectivity index (χ1v) is 8.52. The fourth-order valence-corrected chi connectivity index (χ4v) is 3.19. The molecule has 0 aliphatic carbocycles. The summed E-state index contributed by atoms with van der Waals surface area (Å²) >= 11 is 0. The van der Waals surface area contributed by atoms with Crippen LogP contribution >= 0.6 is 0 Å². The second kappa shape index (κ2) is 7.36. The Labute approximate surface area is 174 Å². The summed E-state index contributed by atoms with van der Waals surface area (Å²) in [4.78, 5) is 24.3. The van der Waals surface area contributed by atoms with Crippen LogP contribution in [-0.4, -0.2) is 24.7 Å². The molecule has 136 valence electrons. The van der Waals surface area contributed by atoms with Gasteiger partial charge in [-0.1, -0.05) is 18.2 Å². The molecule has 0 N–H and O–H groups in total. The van der Waals surface area contributed by atoms with E-state index in [1.165, 1.54) is 18.2 Å². The van der Waals surface area contributed by atoms with Crippen molar-refractivity contribution >= 4 is 27.5 Å². The fraction of sp³-hybridized carbons (Fsp3) is 0.125. The number of hydrogen-bond acceptors (Lipinski definition) is 5. The number of carbonyl (C=O) groups is 2. The van der Waals surface area contributed by atoms with Crippen molar-refractivity contribution < 1.29 is 65.3 Å². The predicted molar refractivity (Wildman–Crippen MR) is 81.4 cm³/mol. The fourth-order valence-electron chi connectivity index (χ4n) is 2.70. The molecule has 2 aromatic carbocycles. The summed E-state index contributed by atoms with van der Waals surface area (Å²) in [6.45, 7) is -0.531. The first-order valence-electron chi connectivity index (χ1n) is 7.11. The van der Waals surface area contributed by atoms with Crippen LogP contribution in [0.2, 0.25) is 0 Å². The Bertz CT molecular complexity index is 1040. The molecular weight excluding hydrogens is 398 g/mol. The molecule has 11 heteroatoms. The monoisotopic (exact) mass is 407 g/mol. The zero-order valence-electron chi connectivity index (χ0n) is 13.8. The smallest absolute Gasteiger partial charge is 0.744 e. The van der Waals surface area contributed by atoms with Crippen molar-refractivity contribution in [2.75, 3.05) is 4.90 Å². The SMILES string of the molecule is O=C1C(=O)N(Cc2ccccc2C(F)(F)F)c2ccc(S(=O)(=O)[O-])cc21.[Na+]. The van der Waals surface area contributed by atoms with E-state index >= 15 is 0 Å². The molecule has 1 heterocycles. The number of benzene rings is 2. The van der Waals surface area contributed by atoms with Crippen molar-refractivity contribution in [1.29, 1.82) is 0 Å². The first kappa shape index (κ1) is 21.6. The van der Waals surface area contributed by atoms with Gasteiger partial charge in [-0.05, 0) is 29.8 Å². The largest absolute Gasteiger partial charge is 1.00 e. The summed E-state index contributed by atoms with van der Waals surface area (Å²) in [7, 11) is -4.85. The number of Topliss-reactive ketones (excluding diaryl/α,β-unsaturated/α-hetero) is 1. The Balaban J connectivity index is 0.00000261. The number of carbonyl (C=O) groups excluding carboxylic acids is 2. The number of fused-ring (bicyclic) bond motifs is 1. The number of nitrogens with zero attached hydrogens (tertiary/aromatic N) is 1. The van der Waals surface area contributed by atoms with Crippen molar-refractivity contribution in [3.8, 4) is 0 Å². The quantitative estimate of drug-likeness (QED) is 0.383. The zero-order chi connectivity index (χ0) is 19.3. The van der Waals surface area contributed by atoms with Crippen LogP contribution in [0, 0.1) is 0 Å². The average Bonchev–Trinajstić information content (AvgIpc) is 2.78. The van der Waals surface area contributed by atoms with Gasteiger partial charge < -0.3 is 9.45 Å². The summed E-state index contributed by atoms with van der Waals surface area (Å²) < 4.78 is 72.5. The third-order valence-corrected chi connectivity index (χ3v) is 4.71. The molecule has 0 unspecified atom stereocenters. The van der Waals surface area contributed by atoms with Gasteiger partial charge in [-0.3, -0.25) is 9.59 Å². The van der Waals surface area contributed by atoms with Crippen LogP contribution in [0.1, 0.15) is 21.5 Å². The number of ketones is 1. The van der Waals surface area contributed by atoms with Crippen molar-refractivity contribution in [3.05, 3.63) is 59.2 Å². The van der Waals surface area contributed by atoms with E-state index in [0.29, 0.717) is 0 Å². The van der Waals surface area contributed by atoms with E-state index in [4.69, 9.17) is 0 Å². The van der Waals surface area contributed by atoms with Crippen molar-refractivity contribution in [3.63, 3.8) is 0 Å². The Kier molecular flexibility index (Phi) is 5.88. The second-order valence-electron chi connectivity index (χ2n) is 5.51. The van der Waals surface area contributed by atoms with Crippen LogP contribution in [0.25, 0.3) is 0 Å². The molecule has 0 saturated carbocycles. The van der Waals surface area contributed by atoms with Gasteiger partial charge in [-0.25, -0.2) is 8.42 Å². The summed E-state index contributed by atoms with van der Waals surface area (Å²) in [6, 6.07) is 7.30. The van der Waals surface area contributed by atoms with Gasteiger partial charge in [0.25, 0.3) is 11.7 Å². The molecule has 0 spiro atoms. The molecule has 27 heavy (non-hydrogen) atoms. The van der Waals surface area contributed by atoms with E-state index in [0.717, 1.165) is 29.2 Å². The molecule has 1 amide bonds. The van der Waals surface area contributed by atoms with Crippen LogP contribution < -0.4 is 34.5 Å². The van der Waals surface area contributed by atoms with Gasteiger partial charge in [0.05, 0.1) is 28.3 Å². The zero-order valence-corrected chi connectivity index (χ0v) is 16.6. The molecule has 0 fully saturated rings. The number of hydrogen-bond donors (Lipinski definition) is 0. The van der Waals surface area contributed by atoms with E-state index in [-0.39, 0.29) is 46.4 Å². The summed E-state index contributed by atoms with van der Waals surface area (Å²) in [5, 5.41) is 0. The van der Waals surface area contributed by atoms with E-state index in [2.05, 4.69) is 0 Å². The van der Waals surface area contributed by atoms with E-state index < -0.39 is 45.0 Å². The molecule has 2 aromatic rings. The molecule has 1 aliphatic heterocycles. The number of halogens is 3. The van der Waals surface area contributed by atoms with Gasteiger partial charge in [0, 0.05) is 0 Å². The molecule has 0 saturated heterocycles. The van der Waals surface area contributed by atoms with Crippen molar-refractivity contribution in [2.24, 2.45) is 0 Å². The van der Waals surface area contributed by atoms with Crippen molar-refractivity contribution in [2.45, 2.75) is 17.6 Å². The van der Waals surface area contributed by atoms with Gasteiger partial charge >= 0.3 is 35.7 Å². The molecule has 3 rings (SSSR count). The maximum atomic E-state index is 13.1. The van der Waals surface area contributed by atoms with Crippen LogP contribution in [-0.2, 0) is 27.6 Å². The molecule has 0 atom stereocenters. The topological polar surface area (TPSA) is 94.6 Å². The van der Waals surface area contributed by atoms with Crippen molar-refractivity contribution in [1.82, 2.24) is 0 Å². The molecule has 0 aromatic heterocycles. The van der Waals surface area contributed by atoms with Gasteiger partial charge in [-0.2, -0.15) is 13.2 Å². The van der Waals surface area contributed by atoms with Crippen LogP contribution in [0.4, 0.5) is 18.9 Å². The summed E-state index contributed by atoms with van der Waals surface area (Å²) in [5.74, 6) is -2.19. The summed E-state index contributed by atoms with van der Waals surface area (Å²) in [6.07, 6.45) is -4.65. The standard InChI is InChI=1S/C16H10F3NO5S.Na/c17-16(18,19)12-4-2-1-3-9(12)8-20-13-6-5-10(26(23,24)25)7-11(13)14(21)15(20)22;/h1-7H,8H2,(H,23,24,25);/q;+1/p-1. The minimum absolute atomic E-state index is 0. The molecule has 0 radical (unpaired) electrons. The Morgan fingerprint density at radius 2 is 1.67 bits per heavy atom. The van der Waals surface area contributed by atoms with Gasteiger partial charge in [0.2, 0.25) is 0 Å². The number of anilines is 1. The van der Waals surface area contributed by atoms with Crippen LogP contribution in [0.5, 0.6) is 0 Å². The van der Waals surface area contributed by atoms with Gasteiger partial charge in [0.1, 0.15) is 10.1 Å². The average molecular weight is 407 g/mol. The van der Waals surface area contributed by atoms with Gasteiger partial charge in [-0.15, -0.1) is 0 Å². The van der Waals surface area contributed by atoms with E-state index in [1.54, 1.807) is 0 Å². The third kappa shape index (κ3) is 4.09. The third-order valence-electron chi connectivity index (χ3n) is 3.88. The summed E-state index contributed by atoms with van der Waals surface area (Å²) in [5.41, 5.74) is -1.57. The maximum Gasteiger partial charge on any atom is 1.00 e. The first-order chi connectivity index (χ1) is 12.0. The Morgan fingerprint density at radius 3 is 2.26 bits per heavy atom. The van der Waals surface area contributed by atoms with Gasteiger partial charge in [0.15, 0.2) is 0 Å². The number of amides is 1. The minimum Gasteiger partial charge on any atom is -0.744 e. The maximum absolute atomic E-state index is 13.1. The normalized spacial score (nSPS) is 14.1. The van der Waals surface area contributed by atoms with Crippen LogP contribution in [0.15, 0.2) is 47.4 Å². The van der Waals surface area contributed by atoms with E-state index in [9.17, 15) is 35.7 Å². The Morgan fingerprint density at radius 1 is 1.04 bits per heavy atom. The van der Waals surface area contributed by atoms with E-state index in [1.807, 2.05) is 0 Å². The minimum atomic E-state index is -4.85. The molecular formula is C16H9F3NNaO5S. The number of rotatable bonds is 3. The molecule has 0 bridgehead atoms. The van der Waals surface area contributed by atoms with Crippen LogP contribution in [0.3, 0.4) is 0 Å². The molecule has 6 nitrogen and oxygen atoms in total. The Hall–Kier alpha value is -1.72. The molecule has 1 aliphatic rings.